The van der Waals surface area contributed by atoms with Crippen molar-refractivity contribution in [2.24, 2.45) is 5.10 Å². The van der Waals surface area contributed by atoms with Gasteiger partial charge in [0.05, 0.1) is 11.3 Å². The van der Waals surface area contributed by atoms with Crippen LogP contribution in [-0.4, -0.2) is 16.7 Å². The molecule has 148 valence electrons. The van der Waals surface area contributed by atoms with Crippen molar-refractivity contribution < 1.29 is 9.90 Å². The van der Waals surface area contributed by atoms with Gasteiger partial charge in [-0.3, -0.25) is 4.79 Å². The Morgan fingerprint density at radius 1 is 0.966 bits per heavy atom. The van der Waals surface area contributed by atoms with Crippen molar-refractivity contribution in [1.82, 2.24) is 5.43 Å². The first-order valence-electron chi connectivity index (χ1n) is 10.3. The molecule has 0 unspecified atom stereocenters. The van der Waals surface area contributed by atoms with Crippen LogP contribution in [0.3, 0.4) is 0 Å². The van der Waals surface area contributed by atoms with Gasteiger partial charge in [-0.15, -0.1) is 0 Å². The molecule has 0 atom stereocenters. The van der Waals surface area contributed by atoms with Gasteiger partial charge in [0.15, 0.2) is 0 Å². The average Bonchev–Trinajstić information content (AvgIpc) is 2.78. The highest BCUT2D eigenvalue weighted by Gasteiger charge is 2.16. The maximum absolute atomic E-state index is 12.7. The summed E-state index contributed by atoms with van der Waals surface area (Å²) < 4.78 is 0. The third kappa shape index (κ3) is 4.16. The second-order valence-electron chi connectivity index (χ2n) is 7.78. The Morgan fingerprint density at radius 2 is 1.69 bits per heavy atom. The number of carbonyl (C=O) groups is 1. The first-order chi connectivity index (χ1) is 14.1. The molecule has 4 nitrogen and oxygen atoms in total. The lowest BCUT2D eigenvalue weighted by molar-refractivity contribution is 0.0954. The van der Waals surface area contributed by atoms with E-state index in [4.69, 9.17) is 0 Å². The Hall–Kier alpha value is -3.14. The van der Waals surface area contributed by atoms with E-state index >= 15 is 0 Å². The van der Waals surface area contributed by atoms with Gasteiger partial charge in [-0.2, -0.15) is 5.10 Å². The SMILES string of the molecule is C/C(=N/NC(=O)c1c(O)ccc2ccccc12)c1ccc(C2CCCCC2)cc1. The van der Waals surface area contributed by atoms with Crippen molar-refractivity contribution in [3.8, 4) is 5.75 Å². The van der Waals surface area contributed by atoms with Gasteiger partial charge in [-0.05, 0) is 53.6 Å². The standard InChI is InChI=1S/C25H26N2O2/c1-17(18-11-13-20(14-12-18)19-7-3-2-4-8-19)26-27-25(29)24-22-10-6-5-9-21(22)15-16-23(24)28/h5-6,9-16,19,28H,2-4,7-8H2,1H3,(H,27,29)/b26-17-. The first kappa shape index (κ1) is 19.2. The molecule has 1 aliphatic carbocycles. The molecule has 0 bridgehead atoms. The predicted octanol–water partition coefficient (Wildman–Crippen LogP) is 5.75. The van der Waals surface area contributed by atoms with E-state index in [2.05, 4.69) is 34.8 Å². The van der Waals surface area contributed by atoms with Gasteiger partial charge >= 0.3 is 0 Å². The molecule has 29 heavy (non-hydrogen) atoms. The topological polar surface area (TPSA) is 61.7 Å². The number of hydrogen-bond acceptors (Lipinski definition) is 3. The molecule has 1 amide bonds. The summed E-state index contributed by atoms with van der Waals surface area (Å²) in [6, 6.07) is 19.3. The zero-order valence-corrected chi connectivity index (χ0v) is 16.7. The quantitative estimate of drug-likeness (QED) is 0.443. The Kier molecular flexibility index (Phi) is 5.61. The van der Waals surface area contributed by atoms with Crippen molar-refractivity contribution in [2.45, 2.75) is 44.9 Å². The van der Waals surface area contributed by atoms with Crippen LogP contribution in [0, 0.1) is 0 Å². The van der Waals surface area contributed by atoms with Crippen molar-refractivity contribution >= 4 is 22.4 Å². The number of hydrazone groups is 1. The molecule has 0 aliphatic heterocycles. The Bertz CT molecular complexity index is 1050. The van der Waals surface area contributed by atoms with E-state index in [1.54, 1.807) is 6.07 Å². The van der Waals surface area contributed by atoms with Crippen LogP contribution in [0.15, 0.2) is 65.8 Å². The molecule has 0 heterocycles. The van der Waals surface area contributed by atoms with Gasteiger partial charge in [0, 0.05) is 0 Å². The molecule has 3 aromatic rings. The highest BCUT2D eigenvalue weighted by Crippen LogP contribution is 2.32. The largest absolute Gasteiger partial charge is 0.507 e. The minimum atomic E-state index is -0.419. The molecule has 3 aromatic carbocycles. The van der Waals surface area contributed by atoms with E-state index in [1.807, 2.05) is 31.2 Å². The minimum absolute atomic E-state index is 0.0501. The third-order valence-electron chi connectivity index (χ3n) is 5.86. The molecule has 0 spiro atoms. The summed E-state index contributed by atoms with van der Waals surface area (Å²) in [6.45, 7) is 1.87. The molecule has 0 radical (unpaired) electrons. The molecule has 1 fully saturated rings. The van der Waals surface area contributed by atoms with Crippen LogP contribution in [0.25, 0.3) is 10.8 Å². The molecule has 0 saturated heterocycles. The van der Waals surface area contributed by atoms with Crippen LogP contribution in [0.2, 0.25) is 0 Å². The van der Waals surface area contributed by atoms with Crippen LogP contribution < -0.4 is 5.43 Å². The number of phenolic OH excluding ortho intramolecular Hbond substituents is 1. The van der Waals surface area contributed by atoms with E-state index in [0.29, 0.717) is 11.3 Å². The maximum atomic E-state index is 12.7. The van der Waals surface area contributed by atoms with Crippen molar-refractivity contribution in [3.05, 3.63) is 77.4 Å². The van der Waals surface area contributed by atoms with Crippen LogP contribution in [-0.2, 0) is 0 Å². The van der Waals surface area contributed by atoms with Crippen molar-refractivity contribution in [3.63, 3.8) is 0 Å². The summed E-state index contributed by atoms with van der Waals surface area (Å²) in [5, 5.41) is 16.1. The second-order valence-corrected chi connectivity index (χ2v) is 7.78. The zero-order chi connectivity index (χ0) is 20.2. The Balaban J connectivity index is 1.50. The van der Waals surface area contributed by atoms with Crippen LogP contribution in [0.4, 0.5) is 0 Å². The fourth-order valence-electron chi connectivity index (χ4n) is 4.19. The van der Waals surface area contributed by atoms with E-state index in [-0.39, 0.29) is 11.3 Å². The molecular weight excluding hydrogens is 360 g/mol. The predicted molar refractivity (Wildman–Crippen MR) is 118 cm³/mol. The lowest BCUT2D eigenvalue weighted by Gasteiger charge is -2.22. The number of benzene rings is 3. The number of rotatable bonds is 4. The van der Waals surface area contributed by atoms with E-state index in [0.717, 1.165) is 16.7 Å². The summed E-state index contributed by atoms with van der Waals surface area (Å²) >= 11 is 0. The van der Waals surface area contributed by atoms with Crippen LogP contribution in [0.5, 0.6) is 5.75 Å². The summed E-state index contributed by atoms with van der Waals surface area (Å²) in [6.07, 6.45) is 6.54. The molecular formula is C25H26N2O2. The van der Waals surface area contributed by atoms with Gasteiger partial charge in [0.2, 0.25) is 0 Å². The van der Waals surface area contributed by atoms with E-state index < -0.39 is 5.91 Å². The first-order valence-corrected chi connectivity index (χ1v) is 10.3. The summed E-state index contributed by atoms with van der Waals surface area (Å²) in [7, 11) is 0. The number of fused-ring (bicyclic) bond motifs is 1. The summed E-state index contributed by atoms with van der Waals surface area (Å²) in [5.74, 6) is 0.201. The van der Waals surface area contributed by atoms with Gasteiger partial charge < -0.3 is 5.11 Å². The molecule has 0 aromatic heterocycles. The number of nitrogens with zero attached hydrogens (tertiary/aromatic N) is 1. The van der Waals surface area contributed by atoms with Crippen LogP contribution in [0.1, 0.15) is 66.4 Å². The monoisotopic (exact) mass is 386 g/mol. The highest BCUT2D eigenvalue weighted by molar-refractivity contribution is 6.10. The summed E-state index contributed by atoms with van der Waals surface area (Å²) in [5.41, 5.74) is 5.94. The smallest absolute Gasteiger partial charge is 0.275 e. The van der Waals surface area contributed by atoms with Crippen molar-refractivity contribution in [2.75, 3.05) is 0 Å². The molecule has 4 rings (SSSR count). The molecule has 4 heteroatoms. The normalized spacial score (nSPS) is 15.4. The van der Waals surface area contributed by atoms with Gasteiger partial charge in [0.25, 0.3) is 5.91 Å². The Labute approximate surface area is 171 Å². The van der Waals surface area contributed by atoms with E-state index in [9.17, 15) is 9.90 Å². The average molecular weight is 386 g/mol. The zero-order valence-electron chi connectivity index (χ0n) is 16.7. The minimum Gasteiger partial charge on any atom is -0.507 e. The van der Waals surface area contributed by atoms with Gasteiger partial charge in [-0.1, -0.05) is 73.9 Å². The van der Waals surface area contributed by atoms with E-state index in [1.165, 1.54) is 43.7 Å². The van der Waals surface area contributed by atoms with Gasteiger partial charge in [-0.25, -0.2) is 5.43 Å². The maximum Gasteiger partial charge on any atom is 0.275 e. The molecule has 1 aliphatic rings. The molecule has 2 N–H and O–H groups in total. The number of hydrogen-bond donors (Lipinski definition) is 2. The van der Waals surface area contributed by atoms with Gasteiger partial charge in [0.1, 0.15) is 5.75 Å². The lowest BCUT2D eigenvalue weighted by atomic mass is 9.84. The Morgan fingerprint density at radius 3 is 2.45 bits per heavy atom. The number of nitrogens with one attached hydrogen (secondary N) is 1. The second kappa shape index (κ2) is 8.48. The third-order valence-corrected chi connectivity index (χ3v) is 5.86. The van der Waals surface area contributed by atoms with Crippen LogP contribution >= 0.6 is 0 Å². The number of phenols is 1. The van der Waals surface area contributed by atoms with Crippen molar-refractivity contribution in [1.29, 1.82) is 0 Å². The number of carbonyl (C=O) groups excluding carboxylic acids is 1. The number of aromatic hydroxyl groups is 1. The lowest BCUT2D eigenvalue weighted by Crippen LogP contribution is -2.20. The fourth-order valence-corrected chi connectivity index (χ4v) is 4.19. The fraction of sp³-hybridized carbons (Fsp3) is 0.280. The summed E-state index contributed by atoms with van der Waals surface area (Å²) in [4.78, 5) is 12.7. The highest BCUT2D eigenvalue weighted by atomic mass is 16.3. The number of amides is 1. The molecule has 1 saturated carbocycles.